The topological polar surface area (TPSA) is 133 Å². The molecule has 186 valence electrons. The Hall–Kier alpha value is -3.25. The number of nitrogens with zero attached hydrogens (tertiary/aromatic N) is 1. The van der Waals surface area contributed by atoms with Gasteiger partial charge < -0.3 is 19.1 Å². The van der Waals surface area contributed by atoms with E-state index in [4.69, 9.17) is 14.2 Å². The summed E-state index contributed by atoms with van der Waals surface area (Å²) in [4.78, 5) is 51.1. The van der Waals surface area contributed by atoms with E-state index >= 15 is 0 Å². The summed E-state index contributed by atoms with van der Waals surface area (Å²) in [5, 5.41) is 2.22. The summed E-state index contributed by atoms with van der Waals surface area (Å²) < 4.78 is 39.0. The van der Waals surface area contributed by atoms with Gasteiger partial charge in [0.15, 0.2) is 15.8 Å². The SMILES string of the molecule is CC1(C)[C@H](C(=O)OCOC(=O)C(C(=O)OCc2ccccc2)c2ccsc2)N2C(=O)C[C@H]2S1(=O)=O. The molecular formula is C23H23NO9S2. The van der Waals surface area contributed by atoms with Crippen LogP contribution in [0.4, 0.5) is 0 Å². The Morgan fingerprint density at radius 1 is 1.09 bits per heavy atom. The van der Waals surface area contributed by atoms with Crippen LogP contribution in [0.25, 0.3) is 0 Å². The first-order chi connectivity index (χ1) is 16.6. The van der Waals surface area contributed by atoms with E-state index in [1.165, 1.54) is 25.2 Å². The molecule has 35 heavy (non-hydrogen) atoms. The Bertz CT molecular complexity index is 1240. The van der Waals surface area contributed by atoms with E-state index < -0.39 is 62.5 Å². The van der Waals surface area contributed by atoms with Gasteiger partial charge in [-0.3, -0.25) is 14.4 Å². The molecule has 2 fully saturated rings. The summed E-state index contributed by atoms with van der Waals surface area (Å²) in [5.41, 5.74) is 1.10. The monoisotopic (exact) mass is 521 g/mol. The quantitative estimate of drug-likeness (QED) is 0.220. The molecule has 3 atom stereocenters. The molecule has 2 aromatic rings. The number of benzene rings is 1. The van der Waals surface area contributed by atoms with Gasteiger partial charge in [-0.05, 0) is 41.8 Å². The number of carbonyl (C=O) groups excluding carboxylic acids is 4. The van der Waals surface area contributed by atoms with Crippen LogP contribution in [0.3, 0.4) is 0 Å². The van der Waals surface area contributed by atoms with Gasteiger partial charge in [0.1, 0.15) is 18.0 Å². The number of amides is 1. The lowest BCUT2D eigenvalue weighted by Gasteiger charge is -2.36. The van der Waals surface area contributed by atoms with Crippen LogP contribution in [0.15, 0.2) is 47.2 Å². The van der Waals surface area contributed by atoms with Crippen molar-refractivity contribution in [2.45, 2.75) is 49.0 Å². The highest BCUT2D eigenvalue weighted by molar-refractivity contribution is 7.93. The fraction of sp³-hybridized carbons (Fsp3) is 0.391. The van der Waals surface area contributed by atoms with Gasteiger partial charge in [0.05, 0.1) is 11.2 Å². The number of thiophene rings is 1. The van der Waals surface area contributed by atoms with Crippen LogP contribution in [0.2, 0.25) is 0 Å². The average Bonchev–Trinajstić information content (AvgIpc) is 3.37. The molecule has 0 saturated carbocycles. The second kappa shape index (κ2) is 9.42. The van der Waals surface area contributed by atoms with Crippen molar-refractivity contribution >= 4 is 45.0 Å². The lowest BCUT2D eigenvalue weighted by atomic mass is 9.98. The van der Waals surface area contributed by atoms with Crippen LogP contribution >= 0.6 is 11.3 Å². The van der Waals surface area contributed by atoms with Crippen molar-refractivity contribution in [3.63, 3.8) is 0 Å². The van der Waals surface area contributed by atoms with Gasteiger partial charge in [-0.2, -0.15) is 11.3 Å². The number of sulfone groups is 1. The highest BCUT2D eigenvalue weighted by Crippen LogP contribution is 2.46. The van der Waals surface area contributed by atoms with E-state index in [0.717, 1.165) is 10.5 Å². The molecule has 1 aromatic carbocycles. The molecule has 0 aliphatic carbocycles. The van der Waals surface area contributed by atoms with Gasteiger partial charge >= 0.3 is 17.9 Å². The van der Waals surface area contributed by atoms with Crippen LogP contribution in [0.5, 0.6) is 0 Å². The molecule has 2 saturated heterocycles. The third kappa shape index (κ3) is 4.43. The van der Waals surface area contributed by atoms with Gasteiger partial charge in [0.25, 0.3) is 0 Å². The third-order valence-corrected chi connectivity index (χ3v) is 9.67. The summed E-state index contributed by atoms with van der Waals surface area (Å²) in [6.45, 7) is 1.80. The summed E-state index contributed by atoms with van der Waals surface area (Å²) >= 11 is 1.27. The number of esters is 3. The second-order valence-corrected chi connectivity index (χ2v) is 12.1. The molecule has 3 heterocycles. The molecule has 1 amide bonds. The molecule has 0 N–H and O–H groups in total. The Kier molecular flexibility index (Phi) is 6.69. The van der Waals surface area contributed by atoms with Crippen molar-refractivity contribution in [2.75, 3.05) is 6.79 Å². The number of fused-ring (bicyclic) bond motifs is 1. The van der Waals surface area contributed by atoms with Crippen molar-refractivity contribution in [1.82, 2.24) is 4.90 Å². The average molecular weight is 522 g/mol. The number of hydrogen-bond acceptors (Lipinski definition) is 10. The summed E-state index contributed by atoms with van der Waals surface area (Å²) in [7, 11) is -3.78. The highest BCUT2D eigenvalue weighted by Gasteiger charge is 2.68. The van der Waals surface area contributed by atoms with Crippen molar-refractivity contribution in [2.24, 2.45) is 0 Å². The molecule has 12 heteroatoms. The second-order valence-electron chi connectivity index (χ2n) is 8.64. The van der Waals surface area contributed by atoms with Crippen molar-refractivity contribution in [3.05, 3.63) is 58.3 Å². The van der Waals surface area contributed by atoms with E-state index in [1.807, 2.05) is 6.07 Å². The van der Waals surface area contributed by atoms with Crippen LogP contribution in [0.1, 0.15) is 37.3 Å². The maximum atomic E-state index is 12.7. The van der Waals surface area contributed by atoms with Gasteiger partial charge in [-0.15, -0.1) is 0 Å². The predicted octanol–water partition coefficient (Wildman–Crippen LogP) is 1.75. The Labute approximate surface area is 205 Å². The molecule has 1 unspecified atom stereocenters. The largest absolute Gasteiger partial charge is 0.460 e. The Morgan fingerprint density at radius 3 is 2.40 bits per heavy atom. The van der Waals surface area contributed by atoms with E-state index in [2.05, 4.69) is 0 Å². The normalized spacial score (nSPS) is 22.5. The van der Waals surface area contributed by atoms with E-state index in [0.29, 0.717) is 5.56 Å². The third-order valence-electron chi connectivity index (χ3n) is 6.17. The number of ether oxygens (including phenoxy) is 3. The van der Waals surface area contributed by atoms with Crippen molar-refractivity contribution in [1.29, 1.82) is 0 Å². The van der Waals surface area contributed by atoms with E-state index in [9.17, 15) is 27.6 Å². The molecule has 4 rings (SSSR count). The van der Waals surface area contributed by atoms with E-state index in [1.54, 1.807) is 41.1 Å². The summed E-state index contributed by atoms with van der Waals surface area (Å²) in [5.74, 6) is -4.71. The summed E-state index contributed by atoms with van der Waals surface area (Å²) in [6.07, 6.45) is -0.183. The summed E-state index contributed by atoms with van der Waals surface area (Å²) in [6, 6.07) is 9.14. The Balaban J connectivity index is 1.39. The molecular weight excluding hydrogens is 498 g/mol. The number of rotatable bonds is 8. The van der Waals surface area contributed by atoms with Crippen molar-refractivity contribution in [3.8, 4) is 0 Å². The number of hydrogen-bond donors (Lipinski definition) is 0. The fourth-order valence-electron chi connectivity index (χ4n) is 4.14. The molecule has 2 aliphatic heterocycles. The lowest BCUT2D eigenvalue weighted by Crippen LogP contribution is -2.57. The van der Waals surface area contributed by atoms with Crippen LogP contribution in [0, 0.1) is 0 Å². The maximum Gasteiger partial charge on any atom is 0.333 e. The first-order valence-electron chi connectivity index (χ1n) is 10.7. The molecule has 10 nitrogen and oxygen atoms in total. The first-order valence-corrected chi connectivity index (χ1v) is 13.1. The predicted molar refractivity (Wildman–Crippen MR) is 122 cm³/mol. The minimum absolute atomic E-state index is 0.0428. The zero-order valence-electron chi connectivity index (χ0n) is 18.9. The smallest absolute Gasteiger partial charge is 0.333 e. The molecule has 2 aliphatic rings. The maximum absolute atomic E-state index is 12.7. The Morgan fingerprint density at radius 2 is 1.77 bits per heavy atom. The minimum Gasteiger partial charge on any atom is -0.460 e. The first kappa shape index (κ1) is 24.9. The fourth-order valence-corrected chi connectivity index (χ4v) is 6.95. The molecule has 0 bridgehead atoms. The van der Waals surface area contributed by atoms with Gasteiger partial charge in [-0.25, -0.2) is 13.2 Å². The number of carbonyl (C=O) groups is 4. The molecule has 0 radical (unpaired) electrons. The van der Waals surface area contributed by atoms with Crippen LogP contribution in [-0.4, -0.2) is 60.1 Å². The highest BCUT2D eigenvalue weighted by atomic mass is 32.2. The molecule has 0 spiro atoms. The van der Waals surface area contributed by atoms with Gasteiger partial charge in [-0.1, -0.05) is 30.3 Å². The molecule has 1 aromatic heterocycles. The number of β-lactam (4-membered cyclic amide) rings is 1. The standard InChI is InChI=1S/C23H23NO9S2/c1-23(2)19(24-16(25)10-17(24)35(23,29)30)22(28)33-13-32-21(27)18(15-8-9-34-12-15)20(26)31-11-14-6-4-3-5-7-14/h3-9,12,17-19H,10-11,13H2,1-2H3/t17-,18?,19+/m1/s1. The van der Waals surface area contributed by atoms with Gasteiger partial charge in [0, 0.05) is 0 Å². The minimum atomic E-state index is -3.78. The van der Waals surface area contributed by atoms with Crippen LogP contribution < -0.4 is 0 Å². The zero-order valence-corrected chi connectivity index (χ0v) is 20.5. The zero-order chi connectivity index (χ0) is 25.4. The van der Waals surface area contributed by atoms with Crippen LogP contribution in [-0.2, 0) is 49.8 Å². The van der Waals surface area contributed by atoms with E-state index in [-0.39, 0.29) is 13.0 Å². The lowest BCUT2D eigenvalue weighted by molar-refractivity contribution is -0.177. The van der Waals surface area contributed by atoms with Gasteiger partial charge in [0.2, 0.25) is 12.7 Å². The van der Waals surface area contributed by atoms with Crippen molar-refractivity contribution < 1.29 is 41.8 Å².